The van der Waals surface area contributed by atoms with Gasteiger partial charge in [0, 0.05) is 11.4 Å². The Morgan fingerprint density at radius 1 is 1.44 bits per heavy atom. The fraction of sp³-hybridized carbons (Fsp3) is 0.625. The molecule has 0 aromatic heterocycles. The molecule has 1 nitrogen and oxygen atoms in total. The van der Waals surface area contributed by atoms with Crippen LogP contribution in [0, 0.1) is 0 Å². The van der Waals surface area contributed by atoms with E-state index in [1.54, 1.807) is 0 Å². The minimum atomic E-state index is 1.05. The highest BCUT2D eigenvalue weighted by molar-refractivity contribution is 5.82. The number of aliphatic imine (C=N–C) groups is 1. The molecule has 0 saturated heterocycles. The molecule has 0 amide bonds. The van der Waals surface area contributed by atoms with Crippen LogP contribution in [-0.2, 0) is 0 Å². The summed E-state index contributed by atoms with van der Waals surface area (Å²) in [6, 6.07) is 0. The van der Waals surface area contributed by atoms with Crippen molar-refractivity contribution in [2.24, 2.45) is 4.99 Å². The third-order valence-corrected chi connectivity index (χ3v) is 1.30. The van der Waals surface area contributed by atoms with E-state index < -0.39 is 0 Å². The highest BCUT2D eigenvalue weighted by Gasteiger charge is 1.83. The summed E-state index contributed by atoms with van der Waals surface area (Å²) in [7, 11) is 0. The van der Waals surface area contributed by atoms with Crippen molar-refractivity contribution >= 4 is 5.71 Å². The first-order chi connectivity index (χ1) is 4.20. The lowest BCUT2D eigenvalue weighted by Crippen LogP contribution is -1.86. The Morgan fingerprint density at radius 3 is 2.33 bits per heavy atom. The van der Waals surface area contributed by atoms with Gasteiger partial charge in [0.25, 0.3) is 0 Å². The summed E-state index contributed by atoms with van der Waals surface area (Å²) in [5, 5.41) is 0. The van der Waals surface area contributed by atoms with Gasteiger partial charge in [-0.3, -0.25) is 4.99 Å². The van der Waals surface area contributed by atoms with Crippen LogP contribution in [0.15, 0.2) is 16.8 Å². The van der Waals surface area contributed by atoms with E-state index in [1.807, 2.05) is 26.8 Å². The highest BCUT2D eigenvalue weighted by atomic mass is 14.7. The van der Waals surface area contributed by atoms with Crippen LogP contribution >= 0.6 is 0 Å². The molecule has 0 saturated carbocycles. The van der Waals surface area contributed by atoms with Gasteiger partial charge in [-0.1, -0.05) is 13.0 Å². The maximum atomic E-state index is 4.29. The Morgan fingerprint density at radius 2 is 2.00 bits per heavy atom. The molecule has 0 aliphatic heterocycles. The van der Waals surface area contributed by atoms with Crippen molar-refractivity contribution in [2.45, 2.75) is 34.1 Å². The van der Waals surface area contributed by atoms with E-state index in [4.69, 9.17) is 0 Å². The predicted molar refractivity (Wildman–Crippen MR) is 42.8 cm³/mol. The molecule has 0 aliphatic rings. The van der Waals surface area contributed by atoms with Gasteiger partial charge in [0.05, 0.1) is 0 Å². The van der Waals surface area contributed by atoms with Crippen LogP contribution in [0.5, 0.6) is 0 Å². The molecule has 0 fully saturated rings. The van der Waals surface area contributed by atoms with Gasteiger partial charge in [0.15, 0.2) is 0 Å². The number of allylic oxidation sites excluding steroid dienone is 2. The number of hydrogen-bond acceptors (Lipinski definition) is 1. The van der Waals surface area contributed by atoms with Crippen LogP contribution in [0.4, 0.5) is 0 Å². The van der Waals surface area contributed by atoms with E-state index in [0.29, 0.717) is 0 Å². The molecule has 0 spiro atoms. The molecule has 0 aromatic carbocycles. The van der Waals surface area contributed by atoms with Gasteiger partial charge in [-0.2, -0.15) is 0 Å². The van der Waals surface area contributed by atoms with Crippen LogP contribution < -0.4 is 0 Å². The molecule has 0 heterocycles. The van der Waals surface area contributed by atoms with Crippen LogP contribution in [0.25, 0.3) is 0 Å². The van der Waals surface area contributed by atoms with Crippen molar-refractivity contribution in [2.75, 3.05) is 0 Å². The van der Waals surface area contributed by atoms with Crippen LogP contribution in [-0.4, -0.2) is 5.71 Å². The van der Waals surface area contributed by atoms with Gasteiger partial charge >= 0.3 is 0 Å². The molecule has 52 valence electrons. The molecule has 0 N–H and O–H groups in total. The molecular weight excluding hydrogens is 110 g/mol. The van der Waals surface area contributed by atoms with Gasteiger partial charge in [-0.25, -0.2) is 0 Å². The third kappa shape index (κ3) is 3.95. The Balaban J connectivity index is 3.95. The highest BCUT2D eigenvalue weighted by Crippen LogP contribution is 1.95. The monoisotopic (exact) mass is 125 g/mol. The largest absolute Gasteiger partial charge is 0.263 e. The summed E-state index contributed by atoms with van der Waals surface area (Å²) in [5.41, 5.74) is 2.31. The number of rotatable bonds is 2. The number of nitrogens with zero attached hydrogens (tertiary/aromatic N) is 1. The molecule has 0 unspecified atom stereocenters. The fourth-order valence-corrected chi connectivity index (χ4v) is 0.445. The third-order valence-electron chi connectivity index (χ3n) is 1.30. The Bertz CT molecular complexity index is 132. The zero-order valence-electron chi connectivity index (χ0n) is 6.73. The van der Waals surface area contributed by atoms with E-state index in [9.17, 15) is 0 Å². The van der Waals surface area contributed by atoms with Crippen LogP contribution in [0.3, 0.4) is 0 Å². The van der Waals surface area contributed by atoms with Gasteiger partial charge in [-0.15, -0.1) is 0 Å². The molecule has 9 heavy (non-hydrogen) atoms. The molecule has 0 atom stereocenters. The number of hydrogen-bond donors (Lipinski definition) is 0. The van der Waals surface area contributed by atoms with Crippen molar-refractivity contribution in [3.8, 4) is 0 Å². The summed E-state index contributed by atoms with van der Waals surface area (Å²) in [4.78, 5) is 4.29. The van der Waals surface area contributed by atoms with Crippen LogP contribution in [0.1, 0.15) is 34.1 Å². The fourth-order valence-electron chi connectivity index (χ4n) is 0.445. The summed E-state index contributed by atoms with van der Waals surface area (Å²) in [5.74, 6) is 0. The maximum absolute atomic E-state index is 4.29. The molecule has 0 radical (unpaired) electrons. The van der Waals surface area contributed by atoms with Gasteiger partial charge < -0.3 is 0 Å². The van der Waals surface area contributed by atoms with E-state index in [2.05, 4.69) is 11.9 Å². The molecule has 0 rings (SSSR count). The lowest BCUT2D eigenvalue weighted by atomic mass is 10.3. The van der Waals surface area contributed by atoms with Gasteiger partial charge in [0.2, 0.25) is 0 Å². The van der Waals surface area contributed by atoms with Crippen molar-refractivity contribution in [3.63, 3.8) is 0 Å². The molecule has 0 aliphatic carbocycles. The Kier molecular flexibility index (Phi) is 4.02. The molecule has 0 bridgehead atoms. The first-order valence-corrected chi connectivity index (χ1v) is 3.37. The quantitative estimate of drug-likeness (QED) is 0.503. The first-order valence-electron chi connectivity index (χ1n) is 3.37. The van der Waals surface area contributed by atoms with Crippen molar-refractivity contribution in [3.05, 3.63) is 11.8 Å². The SMILES string of the molecule is C/C=C(\C)N=C(C)CC. The Hall–Kier alpha value is -0.590. The van der Waals surface area contributed by atoms with E-state index in [0.717, 1.165) is 12.1 Å². The summed E-state index contributed by atoms with van der Waals surface area (Å²) >= 11 is 0. The smallest absolute Gasteiger partial charge is 0.0329 e. The first kappa shape index (κ1) is 8.41. The van der Waals surface area contributed by atoms with E-state index >= 15 is 0 Å². The second-order valence-electron chi connectivity index (χ2n) is 2.13. The lowest BCUT2D eigenvalue weighted by Gasteiger charge is -1.93. The van der Waals surface area contributed by atoms with Crippen molar-refractivity contribution in [1.29, 1.82) is 0 Å². The standard InChI is InChI=1S/C8H15N/c1-5-7(3)9-8(4)6-2/h5H,6H2,1-4H3/b7-5+,9-8?. The zero-order chi connectivity index (χ0) is 7.28. The predicted octanol–water partition coefficient (Wildman–Crippen LogP) is 2.78. The van der Waals surface area contributed by atoms with Crippen molar-refractivity contribution < 1.29 is 0 Å². The average molecular weight is 125 g/mol. The lowest BCUT2D eigenvalue weighted by molar-refractivity contribution is 1.20. The van der Waals surface area contributed by atoms with Gasteiger partial charge in [-0.05, 0) is 27.2 Å². The minimum Gasteiger partial charge on any atom is -0.263 e. The Labute approximate surface area is 57.5 Å². The minimum absolute atomic E-state index is 1.05. The van der Waals surface area contributed by atoms with Crippen molar-refractivity contribution in [1.82, 2.24) is 0 Å². The maximum Gasteiger partial charge on any atom is 0.0329 e. The summed E-state index contributed by atoms with van der Waals surface area (Å²) in [6.45, 7) is 8.18. The summed E-state index contributed by atoms with van der Waals surface area (Å²) in [6.07, 6.45) is 3.06. The zero-order valence-corrected chi connectivity index (χ0v) is 6.73. The molecule has 1 heteroatoms. The normalized spacial score (nSPS) is 14.2. The average Bonchev–Trinajstić information content (AvgIpc) is 1.87. The van der Waals surface area contributed by atoms with E-state index in [1.165, 1.54) is 5.71 Å². The summed E-state index contributed by atoms with van der Waals surface area (Å²) < 4.78 is 0. The second-order valence-corrected chi connectivity index (χ2v) is 2.13. The topological polar surface area (TPSA) is 12.4 Å². The van der Waals surface area contributed by atoms with Crippen LogP contribution in [0.2, 0.25) is 0 Å². The van der Waals surface area contributed by atoms with E-state index in [-0.39, 0.29) is 0 Å². The second kappa shape index (κ2) is 4.30. The molecular formula is C8H15N. The van der Waals surface area contributed by atoms with Gasteiger partial charge in [0.1, 0.15) is 0 Å². The molecule has 0 aromatic rings.